The van der Waals surface area contributed by atoms with E-state index in [1.165, 1.54) is 14.2 Å². The molecule has 0 saturated carbocycles. The number of benzene rings is 2. The van der Waals surface area contributed by atoms with Gasteiger partial charge in [0.15, 0.2) is 17.1 Å². The summed E-state index contributed by atoms with van der Waals surface area (Å²) < 4.78 is 16.3. The quantitative estimate of drug-likeness (QED) is 0.569. The van der Waals surface area contributed by atoms with Crippen LogP contribution in [0.15, 0.2) is 45.6 Å². The predicted octanol–water partition coefficient (Wildman–Crippen LogP) is 3.02. The third-order valence-corrected chi connectivity index (χ3v) is 4.05. The van der Waals surface area contributed by atoms with Crippen molar-refractivity contribution in [2.45, 2.75) is 0 Å². The van der Waals surface area contributed by atoms with Crippen LogP contribution in [0.25, 0.3) is 22.1 Å². The van der Waals surface area contributed by atoms with Gasteiger partial charge in [-0.15, -0.1) is 0 Å². The molecule has 1 heterocycles. The van der Waals surface area contributed by atoms with Gasteiger partial charge in [0.2, 0.25) is 17.0 Å². The average Bonchev–Trinajstić information content (AvgIpc) is 2.87. The Morgan fingerprint density at radius 1 is 0.913 bits per heavy atom. The number of rotatable bonds is 2. The topological polar surface area (TPSA) is 65.7 Å². The van der Waals surface area contributed by atoms with Crippen LogP contribution < -0.4 is 14.9 Å². The van der Waals surface area contributed by atoms with E-state index in [1.807, 2.05) is 0 Å². The normalized spacial score (nSPS) is 12.2. The Morgan fingerprint density at radius 2 is 1.65 bits per heavy atom. The Labute approximate surface area is 131 Å². The Balaban J connectivity index is 2.16. The van der Waals surface area contributed by atoms with E-state index in [0.29, 0.717) is 33.6 Å². The molecular formula is C18H12O5. The zero-order chi connectivity index (χ0) is 16.1. The van der Waals surface area contributed by atoms with Gasteiger partial charge in [-0.2, -0.15) is 0 Å². The highest BCUT2D eigenvalue weighted by Gasteiger charge is 2.33. The summed E-state index contributed by atoms with van der Waals surface area (Å²) in [6, 6.07) is 10.3. The minimum absolute atomic E-state index is 0.0512. The van der Waals surface area contributed by atoms with E-state index >= 15 is 0 Å². The van der Waals surface area contributed by atoms with Gasteiger partial charge in [0.05, 0.1) is 25.2 Å². The second kappa shape index (κ2) is 4.71. The van der Waals surface area contributed by atoms with Gasteiger partial charge in [-0.1, -0.05) is 24.3 Å². The molecule has 5 heteroatoms. The Kier molecular flexibility index (Phi) is 2.78. The molecule has 0 fully saturated rings. The summed E-state index contributed by atoms with van der Waals surface area (Å²) in [7, 11) is 2.96. The zero-order valence-electron chi connectivity index (χ0n) is 12.5. The smallest absolute Gasteiger partial charge is 0.229 e. The van der Waals surface area contributed by atoms with Crippen LogP contribution in [0.4, 0.5) is 0 Å². The van der Waals surface area contributed by atoms with Gasteiger partial charge in [0.1, 0.15) is 0 Å². The van der Waals surface area contributed by atoms with Crippen molar-refractivity contribution in [3.8, 4) is 22.6 Å². The third-order valence-electron chi connectivity index (χ3n) is 4.05. The Bertz CT molecular complexity index is 1030. The van der Waals surface area contributed by atoms with E-state index in [2.05, 4.69) is 0 Å². The SMILES string of the molecule is COc1ccc2c(=O)c3c(oc2c1OC)C(=O)c1ccccc1-3. The van der Waals surface area contributed by atoms with Crippen molar-refractivity contribution in [3.05, 3.63) is 57.9 Å². The number of fused-ring (bicyclic) bond motifs is 4. The molecule has 0 amide bonds. The second-order valence-electron chi connectivity index (χ2n) is 5.19. The fraction of sp³-hybridized carbons (Fsp3) is 0.111. The van der Waals surface area contributed by atoms with Gasteiger partial charge in [0.25, 0.3) is 0 Å². The Morgan fingerprint density at radius 3 is 2.35 bits per heavy atom. The molecule has 4 rings (SSSR count). The molecule has 3 aromatic rings. The molecule has 5 nitrogen and oxygen atoms in total. The van der Waals surface area contributed by atoms with Crippen LogP contribution in [0.5, 0.6) is 11.5 Å². The van der Waals surface area contributed by atoms with Crippen molar-refractivity contribution in [3.63, 3.8) is 0 Å². The van der Waals surface area contributed by atoms with Crippen LogP contribution in [0.3, 0.4) is 0 Å². The van der Waals surface area contributed by atoms with E-state index in [-0.39, 0.29) is 22.6 Å². The standard InChI is InChI=1S/C18H12O5/c1-21-12-8-7-11-14(19)13-9-5-3-4-6-10(9)15(20)18(13)23-16(11)17(12)22-2/h3-8H,1-2H3. The molecule has 0 unspecified atom stereocenters. The first kappa shape index (κ1) is 13.6. The van der Waals surface area contributed by atoms with Crippen LogP contribution >= 0.6 is 0 Å². The molecule has 1 aliphatic carbocycles. The molecule has 2 aromatic carbocycles. The van der Waals surface area contributed by atoms with Gasteiger partial charge in [-0.05, 0) is 12.1 Å². The molecule has 0 bridgehead atoms. The van der Waals surface area contributed by atoms with Crippen molar-refractivity contribution in [1.82, 2.24) is 0 Å². The van der Waals surface area contributed by atoms with Gasteiger partial charge in [-0.3, -0.25) is 9.59 Å². The fourth-order valence-electron chi connectivity index (χ4n) is 3.00. The van der Waals surface area contributed by atoms with E-state index < -0.39 is 0 Å². The molecule has 114 valence electrons. The lowest BCUT2D eigenvalue weighted by molar-refractivity contribution is 0.102. The summed E-state index contributed by atoms with van der Waals surface area (Å²) in [5, 5.41) is 0.353. The molecule has 0 radical (unpaired) electrons. The van der Waals surface area contributed by atoms with Gasteiger partial charge in [-0.25, -0.2) is 0 Å². The first-order valence-electron chi connectivity index (χ1n) is 7.03. The van der Waals surface area contributed by atoms with Crippen molar-refractivity contribution >= 4 is 16.8 Å². The number of carbonyl (C=O) groups is 1. The number of methoxy groups -OCH3 is 2. The average molecular weight is 308 g/mol. The van der Waals surface area contributed by atoms with Crippen LogP contribution in [0, 0.1) is 0 Å². The summed E-state index contributed by atoms with van der Waals surface area (Å²) in [4.78, 5) is 25.4. The van der Waals surface area contributed by atoms with Crippen molar-refractivity contribution < 1.29 is 18.7 Å². The van der Waals surface area contributed by atoms with Crippen molar-refractivity contribution in [2.24, 2.45) is 0 Å². The highest BCUT2D eigenvalue weighted by atomic mass is 16.5. The van der Waals surface area contributed by atoms with E-state index in [4.69, 9.17) is 13.9 Å². The van der Waals surface area contributed by atoms with Gasteiger partial charge < -0.3 is 13.9 Å². The zero-order valence-corrected chi connectivity index (χ0v) is 12.5. The minimum atomic E-state index is -0.292. The highest BCUT2D eigenvalue weighted by Crippen LogP contribution is 2.40. The monoisotopic (exact) mass is 308 g/mol. The van der Waals surface area contributed by atoms with Crippen molar-refractivity contribution in [2.75, 3.05) is 14.2 Å². The maximum Gasteiger partial charge on any atom is 0.229 e. The molecular weight excluding hydrogens is 296 g/mol. The summed E-state index contributed by atoms with van der Waals surface area (Å²) >= 11 is 0. The molecule has 1 aliphatic rings. The number of hydrogen-bond donors (Lipinski definition) is 0. The molecule has 23 heavy (non-hydrogen) atoms. The van der Waals surface area contributed by atoms with Crippen molar-refractivity contribution in [1.29, 1.82) is 0 Å². The van der Waals surface area contributed by atoms with E-state index in [1.54, 1.807) is 36.4 Å². The fourth-order valence-corrected chi connectivity index (χ4v) is 3.00. The lowest BCUT2D eigenvalue weighted by atomic mass is 10.1. The number of carbonyl (C=O) groups excluding carboxylic acids is 1. The summed E-state index contributed by atoms with van der Waals surface area (Å²) in [6.07, 6.45) is 0. The molecule has 0 saturated heterocycles. The second-order valence-corrected chi connectivity index (χ2v) is 5.19. The summed E-state index contributed by atoms with van der Waals surface area (Å²) in [6.45, 7) is 0. The number of hydrogen-bond acceptors (Lipinski definition) is 5. The lowest BCUT2D eigenvalue weighted by Crippen LogP contribution is -2.08. The number of ketones is 1. The van der Waals surface area contributed by atoms with Crippen LogP contribution in [-0.4, -0.2) is 20.0 Å². The van der Waals surface area contributed by atoms with E-state index in [0.717, 1.165) is 0 Å². The summed E-state index contributed by atoms with van der Waals surface area (Å²) in [5.74, 6) is 0.495. The first-order valence-corrected chi connectivity index (χ1v) is 7.03. The molecule has 1 aromatic heterocycles. The predicted molar refractivity (Wildman–Crippen MR) is 84.5 cm³/mol. The molecule has 0 atom stereocenters. The molecule has 0 aliphatic heterocycles. The maximum absolute atomic E-state index is 12.9. The largest absolute Gasteiger partial charge is 0.493 e. The van der Waals surface area contributed by atoms with Crippen LogP contribution in [-0.2, 0) is 0 Å². The van der Waals surface area contributed by atoms with Gasteiger partial charge >= 0.3 is 0 Å². The first-order chi connectivity index (χ1) is 11.2. The maximum atomic E-state index is 12.9. The van der Waals surface area contributed by atoms with Crippen LogP contribution in [0.1, 0.15) is 16.1 Å². The van der Waals surface area contributed by atoms with Gasteiger partial charge in [0, 0.05) is 11.1 Å². The lowest BCUT2D eigenvalue weighted by Gasteiger charge is -2.10. The Hall–Kier alpha value is -3.08. The third kappa shape index (κ3) is 1.67. The minimum Gasteiger partial charge on any atom is -0.493 e. The highest BCUT2D eigenvalue weighted by molar-refractivity contribution is 6.20. The van der Waals surface area contributed by atoms with Crippen LogP contribution in [0.2, 0.25) is 0 Å². The number of ether oxygens (including phenoxy) is 2. The van der Waals surface area contributed by atoms with E-state index in [9.17, 15) is 9.59 Å². The molecule has 0 spiro atoms. The molecule has 0 N–H and O–H groups in total. The summed E-state index contributed by atoms with van der Waals surface area (Å²) in [5.41, 5.74) is 1.37.